The Morgan fingerprint density at radius 1 is 1.42 bits per heavy atom. The van der Waals surface area contributed by atoms with Crippen LogP contribution in [-0.2, 0) is 0 Å². The number of carbonyl (C=O) groups excluding carboxylic acids is 1. The van der Waals surface area contributed by atoms with Crippen molar-refractivity contribution in [2.75, 3.05) is 32.7 Å². The average Bonchev–Trinajstić information content (AvgIpc) is 3.26. The molecule has 0 radical (unpaired) electrons. The molecule has 144 valence electrons. The number of piperazine rings is 1. The molecule has 0 aromatic carbocycles. The minimum absolute atomic E-state index is 0. The summed E-state index contributed by atoms with van der Waals surface area (Å²) in [6.07, 6.45) is -4.42. The molecule has 1 aliphatic heterocycles. The molecule has 2 N–H and O–H groups in total. The lowest BCUT2D eigenvalue weighted by molar-refractivity contribution is -0.183. The van der Waals surface area contributed by atoms with Crippen LogP contribution in [0, 0.1) is 0 Å². The van der Waals surface area contributed by atoms with Crippen LogP contribution in [0.5, 0.6) is 0 Å². The molecule has 1 amide bonds. The van der Waals surface area contributed by atoms with Crippen LogP contribution in [0.15, 0.2) is 28.1 Å². The lowest BCUT2D eigenvalue weighted by Crippen LogP contribution is -2.57. The molecule has 26 heavy (non-hydrogen) atoms. The molecule has 2 aromatic rings. The van der Waals surface area contributed by atoms with E-state index in [1.54, 1.807) is 6.07 Å². The van der Waals surface area contributed by atoms with E-state index in [0.29, 0.717) is 18.8 Å². The second kappa shape index (κ2) is 8.85. The maximum absolute atomic E-state index is 13.3. The number of thiophene rings is 1. The standard InChI is InChI=1S/C15H17F3N4O2S.ClH/c16-15(17,18)13(22-5-3-19-4-6-22)9-20-14(23)10-8-11(24-21-10)12-2-1-7-25-12;/h1-2,7-8,13,19H,3-6,9H2,(H,20,23);1H. The average molecular weight is 411 g/mol. The number of alkyl halides is 3. The molecule has 0 aliphatic carbocycles. The van der Waals surface area contributed by atoms with Gasteiger partial charge in [-0.15, -0.1) is 23.7 Å². The summed E-state index contributed by atoms with van der Waals surface area (Å²) in [4.78, 5) is 14.2. The Kier molecular flexibility index (Phi) is 7.04. The molecule has 0 bridgehead atoms. The van der Waals surface area contributed by atoms with E-state index in [2.05, 4.69) is 15.8 Å². The Bertz CT molecular complexity index is 702. The highest BCUT2D eigenvalue weighted by atomic mass is 35.5. The van der Waals surface area contributed by atoms with Gasteiger partial charge in [0.2, 0.25) is 0 Å². The van der Waals surface area contributed by atoms with Gasteiger partial charge in [0.25, 0.3) is 5.91 Å². The van der Waals surface area contributed by atoms with Crippen molar-refractivity contribution in [2.45, 2.75) is 12.2 Å². The van der Waals surface area contributed by atoms with E-state index >= 15 is 0 Å². The summed E-state index contributed by atoms with van der Waals surface area (Å²) in [5.41, 5.74) is -0.0374. The zero-order valence-corrected chi connectivity index (χ0v) is 15.2. The van der Waals surface area contributed by atoms with E-state index in [0.717, 1.165) is 4.88 Å². The van der Waals surface area contributed by atoms with Crippen LogP contribution < -0.4 is 10.6 Å². The molecule has 3 heterocycles. The molecule has 1 saturated heterocycles. The molecule has 1 fully saturated rings. The van der Waals surface area contributed by atoms with Crippen molar-refractivity contribution in [1.29, 1.82) is 0 Å². The summed E-state index contributed by atoms with van der Waals surface area (Å²) in [7, 11) is 0. The first-order valence-electron chi connectivity index (χ1n) is 7.75. The number of aromatic nitrogens is 1. The molecule has 1 aliphatic rings. The van der Waals surface area contributed by atoms with Gasteiger partial charge in [0, 0.05) is 38.8 Å². The third kappa shape index (κ3) is 4.97. The maximum Gasteiger partial charge on any atom is 0.405 e. The smallest absolute Gasteiger partial charge is 0.355 e. The van der Waals surface area contributed by atoms with Crippen LogP contribution in [0.2, 0.25) is 0 Å². The lowest BCUT2D eigenvalue weighted by atomic mass is 10.2. The second-order valence-corrected chi connectivity index (χ2v) is 6.55. The van der Waals surface area contributed by atoms with Crippen molar-refractivity contribution in [3.8, 4) is 10.6 Å². The highest BCUT2D eigenvalue weighted by Crippen LogP contribution is 2.26. The van der Waals surface area contributed by atoms with Gasteiger partial charge in [-0.1, -0.05) is 11.2 Å². The number of rotatable bonds is 5. The van der Waals surface area contributed by atoms with Crippen molar-refractivity contribution in [3.63, 3.8) is 0 Å². The molecular formula is C15H18ClF3N4O2S. The highest BCUT2D eigenvalue weighted by Gasteiger charge is 2.43. The number of nitrogens with one attached hydrogen (secondary N) is 2. The Morgan fingerprint density at radius 3 is 2.77 bits per heavy atom. The highest BCUT2D eigenvalue weighted by molar-refractivity contribution is 7.13. The van der Waals surface area contributed by atoms with E-state index in [1.807, 2.05) is 11.4 Å². The minimum atomic E-state index is -4.42. The van der Waals surface area contributed by atoms with Crippen LogP contribution in [0.4, 0.5) is 13.2 Å². The number of hydrogen-bond donors (Lipinski definition) is 2. The van der Waals surface area contributed by atoms with Crippen LogP contribution in [0.1, 0.15) is 10.5 Å². The van der Waals surface area contributed by atoms with Gasteiger partial charge in [-0.05, 0) is 11.4 Å². The number of amides is 1. The van der Waals surface area contributed by atoms with Gasteiger partial charge >= 0.3 is 6.18 Å². The third-order valence-electron chi connectivity index (χ3n) is 3.93. The second-order valence-electron chi connectivity index (χ2n) is 5.61. The fourth-order valence-electron chi connectivity index (χ4n) is 2.64. The number of nitrogens with zero attached hydrogens (tertiary/aromatic N) is 2. The monoisotopic (exact) mass is 410 g/mol. The van der Waals surface area contributed by atoms with E-state index in [9.17, 15) is 18.0 Å². The SMILES string of the molecule is Cl.O=C(NCC(N1CCNCC1)C(F)(F)F)c1cc(-c2cccs2)on1. The van der Waals surface area contributed by atoms with Crippen LogP contribution in [-0.4, -0.2) is 60.9 Å². The topological polar surface area (TPSA) is 70.4 Å². The normalized spacial score (nSPS) is 16.7. The summed E-state index contributed by atoms with van der Waals surface area (Å²) >= 11 is 1.41. The summed E-state index contributed by atoms with van der Waals surface area (Å²) < 4.78 is 45.0. The molecule has 2 aromatic heterocycles. The van der Waals surface area contributed by atoms with Gasteiger partial charge in [-0.25, -0.2) is 0 Å². The zero-order valence-electron chi connectivity index (χ0n) is 13.6. The zero-order chi connectivity index (χ0) is 17.9. The molecule has 11 heteroatoms. The molecule has 1 unspecified atom stereocenters. The Labute approximate surface area is 158 Å². The Morgan fingerprint density at radius 2 is 2.15 bits per heavy atom. The predicted molar refractivity (Wildman–Crippen MR) is 93.7 cm³/mol. The molecule has 3 rings (SSSR count). The third-order valence-corrected chi connectivity index (χ3v) is 4.82. The van der Waals surface area contributed by atoms with Crippen LogP contribution >= 0.6 is 23.7 Å². The van der Waals surface area contributed by atoms with Gasteiger partial charge in [0.15, 0.2) is 11.5 Å². The fraction of sp³-hybridized carbons (Fsp3) is 0.467. The summed E-state index contributed by atoms with van der Waals surface area (Å²) in [6.45, 7) is 1.03. The minimum Gasteiger partial charge on any atom is -0.355 e. The maximum atomic E-state index is 13.3. The van der Waals surface area contributed by atoms with Crippen molar-refractivity contribution < 1.29 is 22.5 Å². The molecule has 6 nitrogen and oxygen atoms in total. The first kappa shape index (κ1) is 20.7. The Hall–Kier alpha value is -1.62. The number of hydrogen-bond acceptors (Lipinski definition) is 6. The number of halogens is 4. The Balaban J connectivity index is 0.00000243. The van der Waals surface area contributed by atoms with Gasteiger partial charge in [-0.3, -0.25) is 9.69 Å². The first-order valence-corrected chi connectivity index (χ1v) is 8.63. The summed E-state index contributed by atoms with van der Waals surface area (Å²) in [5, 5.41) is 10.8. The van der Waals surface area contributed by atoms with E-state index in [4.69, 9.17) is 4.52 Å². The van der Waals surface area contributed by atoms with Gasteiger partial charge in [-0.2, -0.15) is 13.2 Å². The molecule has 0 saturated carbocycles. The van der Waals surface area contributed by atoms with Gasteiger partial charge in [0.05, 0.1) is 4.88 Å². The lowest BCUT2D eigenvalue weighted by Gasteiger charge is -2.35. The summed E-state index contributed by atoms with van der Waals surface area (Å²) in [6, 6.07) is 3.33. The first-order chi connectivity index (χ1) is 11.9. The van der Waals surface area contributed by atoms with Crippen LogP contribution in [0.25, 0.3) is 10.6 Å². The van der Waals surface area contributed by atoms with Crippen molar-refractivity contribution in [1.82, 2.24) is 20.7 Å². The van der Waals surface area contributed by atoms with Gasteiger partial charge < -0.3 is 15.2 Å². The molecule has 0 spiro atoms. The summed E-state index contributed by atoms with van der Waals surface area (Å²) in [5.74, 6) is -0.273. The fourth-order valence-corrected chi connectivity index (χ4v) is 3.32. The van der Waals surface area contributed by atoms with Crippen molar-refractivity contribution in [2.24, 2.45) is 0 Å². The van der Waals surface area contributed by atoms with E-state index in [1.165, 1.54) is 22.3 Å². The van der Waals surface area contributed by atoms with E-state index in [-0.39, 0.29) is 31.2 Å². The number of carbonyl (C=O) groups is 1. The largest absolute Gasteiger partial charge is 0.405 e. The van der Waals surface area contributed by atoms with E-state index < -0.39 is 24.7 Å². The van der Waals surface area contributed by atoms with Crippen molar-refractivity contribution in [3.05, 3.63) is 29.3 Å². The predicted octanol–water partition coefficient (Wildman–Crippen LogP) is 2.39. The molecular weight excluding hydrogens is 393 g/mol. The van der Waals surface area contributed by atoms with Crippen molar-refractivity contribution >= 4 is 29.7 Å². The van der Waals surface area contributed by atoms with Crippen LogP contribution in [0.3, 0.4) is 0 Å². The molecule has 1 atom stereocenters. The quantitative estimate of drug-likeness (QED) is 0.792. The van der Waals surface area contributed by atoms with Gasteiger partial charge in [0.1, 0.15) is 6.04 Å².